The van der Waals surface area contributed by atoms with Crippen LogP contribution in [0.2, 0.25) is 0 Å². The maximum atomic E-state index is 3.50. The Morgan fingerprint density at radius 2 is 1.50 bits per heavy atom. The minimum atomic E-state index is 0.632. The molecule has 2 N–H and O–H groups in total. The average Bonchev–Trinajstić information content (AvgIpc) is 2.17. The van der Waals surface area contributed by atoms with Crippen LogP contribution in [0.3, 0.4) is 0 Å². The summed E-state index contributed by atoms with van der Waals surface area (Å²) in [5.41, 5.74) is 0. The summed E-state index contributed by atoms with van der Waals surface area (Å²) < 4.78 is 0. The maximum Gasteiger partial charge on any atom is 0.0571 e. The van der Waals surface area contributed by atoms with Gasteiger partial charge < -0.3 is 10.6 Å². The summed E-state index contributed by atoms with van der Waals surface area (Å²) in [7, 11) is 0. The molecule has 2 heterocycles. The van der Waals surface area contributed by atoms with Crippen LogP contribution in [0.25, 0.3) is 0 Å². The van der Waals surface area contributed by atoms with Crippen molar-refractivity contribution in [2.24, 2.45) is 5.92 Å². The standard InChI is InChI=1S/C8H16N2/c1-2-8-9-5-3-7(1)4-6-10-8/h7-10H,1-6H2. The normalized spacial score (nSPS) is 40.8. The lowest BCUT2D eigenvalue weighted by molar-refractivity contribution is 0.400. The Hall–Kier alpha value is -0.0800. The molecule has 0 saturated carbocycles. The van der Waals surface area contributed by atoms with Crippen molar-refractivity contribution in [1.29, 1.82) is 0 Å². The van der Waals surface area contributed by atoms with Crippen molar-refractivity contribution in [1.82, 2.24) is 10.6 Å². The highest BCUT2D eigenvalue weighted by atomic mass is 15.1. The van der Waals surface area contributed by atoms with Crippen LogP contribution in [-0.4, -0.2) is 19.3 Å². The fourth-order valence-electron chi connectivity index (χ4n) is 2.04. The monoisotopic (exact) mass is 140 g/mol. The maximum absolute atomic E-state index is 3.50. The smallest absolute Gasteiger partial charge is 0.0571 e. The van der Waals surface area contributed by atoms with Crippen molar-refractivity contribution in [3.63, 3.8) is 0 Å². The molecule has 2 bridgehead atoms. The van der Waals surface area contributed by atoms with E-state index in [1.165, 1.54) is 38.8 Å². The largest absolute Gasteiger partial charge is 0.302 e. The zero-order valence-electron chi connectivity index (χ0n) is 6.40. The zero-order chi connectivity index (χ0) is 6.81. The number of nitrogens with one attached hydrogen (secondary N) is 2. The second-order valence-corrected chi connectivity index (χ2v) is 3.48. The summed E-state index contributed by atoms with van der Waals surface area (Å²) in [6, 6.07) is 0. The van der Waals surface area contributed by atoms with Crippen LogP contribution in [0.4, 0.5) is 0 Å². The molecule has 0 spiro atoms. The minimum absolute atomic E-state index is 0.632. The van der Waals surface area contributed by atoms with Crippen molar-refractivity contribution < 1.29 is 0 Å². The van der Waals surface area contributed by atoms with Crippen LogP contribution in [-0.2, 0) is 0 Å². The van der Waals surface area contributed by atoms with Gasteiger partial charge in [0.15, 0.2) is 0 Å². The van der Waals surface area contributed by atoms with Crippen molar-refractivity contribution in [3.8, 4) is 0 Å². The van der Waals surface area contributed by atoms with Gasteiger partial charge in [-0.3, -0.25) is 0 Å². The molecule has 58 valence electrons. The number of hydrogen-bond acceptors (Lipinski definition) is 2. The quantitative estimate of drug-likeness (QED) is 0.517. The Balaban J connectivity index is 2.01. The molecule has 0 aromatic rings. The molecule has 0 radical (unpaired) electrons. The molecular weight excluding hydrogens is 124 g/mol. The predicted molar refractivity (Wildman–Crippen MR) is 41.8 cm³/mol. The lowest BCUT2D eigenvalue weighted by atomic mass is 9.98. The molecule has 0 atom stereocenters. The summed E-state index contributed by atoms with van der Waals surface area (Å²) in [5, 5.41) is 7.00. The van der Waals surface area contributed by atoms with Gasteiger partial charge >= 0.3 is 0 Å². The van der Waals surface area contributed by atoms with E-state index >= 15 is 0 Å². The molecule has 2 aliphatic heterocycles. The SMILES string of the molecule is C1CC2CCNC(CC2)N1. The fraction of sp³-hybridized carbons (Fsp3) is 1.00. The third-order valence-electron chi connectivity index (χ3n) is 2.75. The second-order valence-electron chi connectivity index (χ2n) is 3.48. The molecule has 2 heteroatoms. The van der Waals surface area contributed by atoms with E-state index in [4.69, 9.17) is 0 Å². The molecule has 2 aliphatic rings. The Bertz CT molecular complexity index is 91.8. The minimum Gasteiger partial charge on any atom is -0.302 e. The average molecular weight is 140 g/mol. The molecule has 2 fully saturated rings. The van der Waals surface area contributed by atoms with Gasteiger partial charge in [0, 0.05) is 0 Å². The van der Waals surface area contributed by atoms with Gasteiger partial charge in [0.25, 0.3) is 0 Å². The van der Waals surface area contributed by atoms with Crippen LogP contribution in [0, 0.1) is 5.92 Å². The molecule has 2 saturated heterocycles. The first-order chi connectivity index (χ1) is 4.95. The summed E-state index contributed by atoms with van der Waals surface area (Å²) in [5.74, 6) is 1.01. The summed E-state index contributed by atoms with van der Waals surface area (Å²) in [6.45, 7) is 2.45. The van der Waals surface area contributed by atoms with E-state index in [0.29, 0.717) is 6.17 Å². The first-order valence-electron chi connectivity index (χ1n) is 4.42. The summed E-state index contributed by atoms with van der Waals surface area (Å²) in [6.07, 6.45) is 6.21. The van der Waals surface area contributed by atoms with Gasteiger partial charge in [-0.2, -0.15) is 0 Å². The molecule has 2 nitrogen and oxygen atoms in total. The van der Waals surface area contributed by atoms with E-state index < -0.39 is 0 Å². The Morgan fingerprint density at radius 1 is 0.800 bits per heavy atom. The van der Waals surface area contributed by atoms with Gasteiger partial charge in [-0.05, 0) is 44.7 Å². The van der Waals surface area contributed by atoms with Crippen LogP contribution in [0.1, 0.15) is 25.7 Å². The van der Waals surface area contributed by atoms with Crippen molar-refractivity contribution in [2.45, 2.75) is 31.8 Å². The highest BCUT2D eigenvalue weighted by molar-refractivity contribution is 4.78. The summed E-state index contributed by atoms with van der Waals surface area (Å²) >= 11 is 0. The van der Waals surface area contributed by atoms with Crippen molar-refractivity contribution in [3.05, 3.63) is 0 Å². The van der Waals surface area contributed by atoms with Gasteiger partial charge in [0.1, 0.15) is 0 Å². The molecular formula is C8H16N2. The van der Waals surface area contributed by atoms with E-state index in [1.54, 1.807) is 0 Å². The van der Waals surface area contributed by atoms with Gasteiger partial charge in [-0.25, -0.2) is 0 Å². The third-order valence-corrected chi connectivity index (χ3v) is 2.75. The fourth-order valence-corrected chi connectivity index (χ4v) is 2.04. The Kier molecular flexibility index (Phi) is 1.91. The van der Waals surface area contributed by atoms with E-state index in [1.807, 2.05) is 0 Å². The van der Waals surface area contributed by atoms with Gasteiger partial charge in [0.05, 0.1) is 6.17 Å². The molecule has 0 aromatic heterocycles. The van der Waals surface area contributed by atoms with Crippen molar-refractivity contribution in [2.75, 3.05) is 13.1 Å². The van der Waals surface area contributed by atoms with Crippen molar-refractivity contribution >= 4 is 0 Å². The van der Waals surface area contributed by atoms with E-state index in [9.17, 15) is 0 Å². The Morgan fingerprint density at radius 3 is 2.20 bits per heavy atom. The van der Waals surface area contributed by atoms with Crippen LogP contribution in [0.5, 0.6) is 0 Å². The second kappa shape index (κ2) is 2.89. The van der Waals surface area contributed by atoms with E-state index in [-0.39, 0.29) is 0 Å². The molecule has 0 unspecified atom stereocenters. The van der Waals surface area contributed by atoms with Gasteiger partial charge in [0.2, 0.25) is 0 Å². The van der Waals surface area contributed by atoms with E-state index in [0.717, 1.165) is 5.92 Å². The first kappa shape index (κ1) is 6.62. The van der Waals surface area contributed by atoms with Crippen LogP contribution >= 0.6 is 0 Å². The van der Waals surface area contributed by atoms with Gasteiger partial charge in [-0.15, -0.1) is 0 Å². The highest BCUT2D eigenvalue weighted by Gasteiger charge is 2.20. The number of rotatable bonds is 0. The first-order valence-corrected chi connectivity index (χ1v) is 4.42. The zero-order valence-corrected chi connectivity index (χ0v) is 6.40. The topological polar surface area (TPSA) is 24.1 Å². The molecule has 0 amide bonds. The molecule has 0 aromatic carbocycles. The lowest BCUT2D eigenvalue weighted by Crippen LogP contribution is -2.42. The number of fused-ring (bicyclic) bond motifs is 3. The van der Waals surface area contributed by atoms with E-state index in [2.05, 4.69) is 10.6 Å². The molecule has 10 heavy (non-hydrogen) atoms. The summed E-state index contributed by atoms with van der Waals surface area (Å²) in [4.78, 5) is 0. The lowest BCUT2D eigenvalue weighted by Gasteiger charge is -2.18. The third kappa shape index (κ3) is 1.32. The molecule has 2 rings (SSSR count). The van der Waals surface area contributed by atoms with Crippen LogP contribution in [0.15, 0.2) is 0 Å². The molecule has 0 aliphatic carbocycles. The highest BCUT2D eigenvalue weighted by Crippen LogP contribution is 2.21. The van der Waals surface area contributed by atoms with Crippen LogP contribution < -0.4 is 10.6 Å². The predicted octanol–water partition coefficient (Wildman–Crippen LogP) is 0.695. The Labute approximate surface area is 62.4 Å². The van der Waals surface area contributed by atoms with Gasteiger partial charge in [-0.1, -0.05) is 0 Å². The number of hydrogen-bond donors (Lipinski definition) is 2.